The van der Waals surface area contributed by atoms with Crippen LogP contribution in [0.1, 0.15) is 32.8 Å². The van der Waals surface area contributed by atoms with Gasteiger partial charge in [0.2, 0.25) is 0 Å². The van der Waals surface area contributed by atoms with Crippen molar-refractivity contribution in [3.8, 4) is 0 Å². The number of aromatic nitrogens is 2. The van der Waals surface area contributed by atoms with Crippen molar-refractivity contribution in [1.82, 2.24) is 25.3 Å². The normalized spacial score (nSPS) is 23.0. The number of carbonyl (C=O) groups is 2. The fourth-order valence-corrected chi connectivity index (χ4v) is 4.63. The Morgan fingerprint density at radius 2 is 2.00 bits per heavy atom. The second kappa shape index (κ2) is 7.57. The predicted octanol–water partition coefficient (Wildman–Crippen LogP) is 2.20. The molecule has 0 aliphatic carbocycles. The lowest BCUT2D eigenvalue weighted by Crippen LogP contribution is -2.57. The summed E-state index contributed by atoms with van der Waals surface area (Å²) in [4.78, 5) is 30.2. The molecule has 1 aromatic heterocycles. The van der Waals surface area contributed by atoms with Crippen molar-refractivity contribution in [2.75, 3.05) is 26.2 Å². The Labute approximate surface area is 175 Å². The van der Waals surface area contributed by atoms with Gasteiger partial charge in [-0.15, -0.1) is 0 Å². The fraction of sp³-hybridized carbons (Fsp3) is 0.348. The number of piperazine rings is 1. The van der Waals surface area contributed by atoms with E-state index in [0.717, 1.165) is 41.5 Å². The topological polar surface area (TPSA) is 81.3 Å². The van der Waals surface area contributed by atoms with Crippen LogP contribution < -0.4 is 5.32 Å². The van der Waals surface area contributed by atoms with Crippen LogP contribution in [0.25, 0.3) is 10.9 Å². The summed E-state index contributed by atoms with van der Waals surface area (Å²) in [5.41, 5.74) is 3.08. The van der Waals surface area contributed by atoms with Crippen molar-refractivity contribution in [2.24, 2.45) is 0 Å². The standard InChI is InChI=1S/C23H25N5O2/c1-15-7-8-20-19(11-15)21(26-25-20)22(29)24-12-18-14-28(17-9-10-27(18)13-17)23(30)16-5-3-2-4-6-16/h2-8,11,17-18H,9-10,12-14H2,1H3,(H,24,29)(H,25,26)/t17-,18-/m0/s1. The van der Waals surface area contributed by atoms with E-state index >= 15 is 0 Å². The van der Waals surface area contributed by atoms with E-state index in [9.17, 15) is 9.59 Å². The molecule has 7 nitrogen and oxygen atoms in total. The Kier molecular flexibility index (Phi) is 4.75. The molecule has 3 heterocycles. The van der Waals surface area contributed by atoms with Gasteiger partial charge in [-0.25, -0.2) is 0 Å². The highest BCUT2D eigenvalue weighted by Gasteiger charge is 2.40. The predicted molar refractivity (Wildman–Crippen MR) is 114 cm³/mol. The molecule has 0 saturated carbocycles. The zero-order valence-electron chi connectivity index (χ0n) is 17.0. The van der Waals surface area contributed by atoms with Gasteiger partial charge in [0.25, 0.3) is 11.8 Å². The fourth-order valence-electron chi connectivity index (χ4n) is 4.63. The van der Waals surface area contributed by atoms with Gasteiger partial charge >= 0.3 is 0 Å². The quantitative estimate of drug-likeness (QED) is 0.700. The summed E-state index contributed by atoms with van der Waals surface area (Å²) in [7, 11) is 0. The Hall–Kier alpha value is -3.19. The molecule has 2 fully saturated rings. The van der Waals surface area contributed by atoms with Crippen LogP contribution in [0.5, 0.6) is 0 Å². The first-order valence-corrected chi connectivity index (χ1v) is 10.4. The van der Waals surface area contributed by atoms with E-state index in [2.05, 4.69) is 20.4 Å². The molecule has 2 aromatic carbocycles. The van der Waals surface area contributed by atoms with Gasteiger partial charge in [0.05, 0.1) is 5.52 Å². The maximum Gasteiger partial charge on any atom is 0.272 e. The first-order chi connectivity index (χ1) is 14.6. The highest BCUT2D eigenvalue weighted by Crippen LogP contribution is 2.26. The lowest BCUT2D eigenvalue weighted by Gasteiger charge is -2.40. The molecule has 2 saturated heterocycles. The maximum atomic E-state index is 13.0. The molecule has 154 valence electrons. The molecule has 2 aliphatic rings. The number of rotatable bonds is 4. The highest BCUT2D eigenvalue weighted by atomic mass is 16.2. The smallest absolute Gasteiger partial charge is 0.272 e. The summed E-state index contributed by atoms with van der Waals surface area (Å²) in [6.07, 6.45) is 0.978. The van der Waals surface area contributed by atoms with Gasteiger partial charge in [0.1, 0.15) is 0 Å². The van der Waals surface area contributed by atoms with Crippen molar-refractivity contribution in [2.45, 2.75) is 25.4 Å². The summed E-state index contributed by atoms with van der Waals surface area (Å²) in [5, 5.41) is 11.0. The minimum absolute atomic E-state index is 0.0762. The Morgan fingerprint density at radius 1 is 1.17 bits per heavy atom. The number of aryl methyl sites for hydroxylation is 1. The number of amides is 2. The first kappa shape index (κ1) is 18.8. The van der Waals surface area contributed by atoms with E-state index in [4.69, 9.17) is 0 Å². The van der Waals surface area contributed by atoms with Crippen LogP contribution in [0.4, 0.5) is 0 Å². The highest BCUT2D eigenvalue weighted by molar-refractivity contribution is 6.04. The molecule has 2 amide bonds. The second-order valence-corrected chi connectivity index (χ2v) is 8.25. The van der Waals surface area contributed by atoms with Crippen molar-refractivity contribution in [1.29, 1.82) is 0 Å². The van der Waals surface area contributed by atoms with Crippen LogP contribution >= 0.6 is 0 Å². The number of nitrogens with one attached hydrogen (secondary N) is 2. The van der Waals surface area contributed by atoms with Gasteiger partial charge in [-0.3, -0.25) is 19.6 Å². The second-order valence-electron chi connectivity index (χ2n) is 8.25. The zero-order valence-corrected chi connectivity index (χ0v) is 17.0. The van der Waals surface area contributed by atoms with E-state index in [0.29, 0.717) is 18.8 Å². The number of carbonyl (C=O) groups excluding carboxylic acids is 2. The number of aromatic amines is 1. The number of nitrogens with zero attached hydrogens (tertiary/aromatic N) is 3. The van der Waals surface area contributed by atoms with Gasteiger partial charge in [0, 0.05) is 49.2 Å². The van der Waals surface area contributed by atoms with Crippen molar-refractivity contribution < 1.29 is 9.59 Å². The summed E-state index contributed by atoms with van der Waals surface area (Å²) >= 11 is 0. The van der Waals surface area contributed by atoms with E-state index in [1.165, 1.54) is 0 Å². The first-order valence-electron chi connectivity index (χ1n) is 10.4. The average molecular weight is 403 g/mol. The van der Waals surface area contributed by atoms with Gasteiger partial charge in [-0.1, -0.05) is 29.8 Å². The van der Waals surface area contributed by atoms with Crippen LogP contribution in [-0.2, 0) is 0 Å². The molecule has 30 heavy (non-hydrogen) atoms. The number of fused-ring (bicyclic) bond motifs is 3. The monoisotopic (exact) mass is 403 g/mol. The molecule has 2 aliphatic heterocycles. The number of hydrogen-bond acceptors (Lipinski definition) is 4. The van der Waals surface area contributed by atoms with E-state index in [1.807, 2.05) is 60.4 Å². The minimum atomic E-state index is -0.186. The number of H-pyrrole nitrogens is 1. The molecule has 1 unspecified atom stereocenters. The van der Waals surface area contributed by atoms with E-state index < -0.39 is 0 Å². The molecule has 7 heteroatoms. The van der Waals surface area contributed by atoms with Gasteiger partial charge in [-0.2, -0.15) is 5.10 Å². The number of hydrogen-bond donors (Lipinski definition) is 2. The third kappa shape index (κ3) is 3.35. The molecular formula is C23H25N5O2. The van der Waals surface area contributed by atoms with Crippen molar-refractivity contribution in [3.63, 3.8) is 0 Å². The lowest BCUT2D eigenvalue weighted by molar-refractivity contribution is 0.0493. The molecule has 5 rings (SSSR count). The Balaban J connectivity index is 1.29. The molecule has 3 atom stereocenters. The number of benzene rings is 2. The summed E-state index contributed by atoms with van der Waals surface area (Å²) in [6.45, 7) is 4.93. The van der Waals surface area contributed by atoms with Gasteiger partial charge in [-0.05, 0) is 37.6 Å². The Morgan fingerprint density at radius 3 is 2.83 bits per heavy atom. The van der Waals surface area contributed by atoms with Crippen LogP contribution in [0, 0.1) is 6.92 Å². The average Bonchev–Trinajstić information content (AvgIpc) is 3.38. The molecular weight excluding hydrogens is 378 g/mol. The summed E-state index contributed by atoms with van der Waals surface area (Å²) in [5.74, 6) is -0.110. The molecule has 2 N–H and O–H groups in total. The van der Waals surface area contributed by atoms with E-state index in [-0.39, 0.29) is 23.9 Å². The summed E-state index contributed by atoms with van der Waals surface area (Å²) < 4.78 is 0. The van der Waals surface area contributed by atoms with Crippen LogP contribution in [0.15, 0.2) is 48.5 Å². The van der Waals surface area contributed by atoms with Crippen LogP contribution in [0.3, 0.4) is 0 Å². The zero-order chi connectivity index (χ0) is 20.7. The summed E-state index contributed by atoms with van der Waals surface area (Å²) in [6, 6.07) is 15.7. The molecule has 0 spiro atoms. The molecule has 0 radical (unpaired) electrons. The minimum Gasteiger partial charge on any atom is -0.349 e. The maximum absolute atomic E-state index is 13.0. The van der Waals surface area contributed by atoms with Crippen molar-refractivity contribution >= 4 is 22.7 Å². The molecule has 2 bridgehead atoms. The third-order valence-corrected chi connectivity index (χ3v) is 6.27. The Bertz CT molecular complexity index is 1090. The van der Waals surface area contributed by atoms with Gasteiger partial charge in [0.15, 0.2) is 5.69 Å². The molecule has 3 aromatic rings. The van der Waals surface area contributed by atoms with E-state index in [1.54, 1.807) is 0 Å². The third-order valence-electron chi connectivity index (χ3n) is 6.27. The lowest BCUT2D eigenvalue weighted by atomic mass is 10.1. The largest absolute Gasteiger partial charge is 0.349 e. The van der Waals surface area contributed by atoms with Crippen LogP contribution in [0.2, 0.25) is 0 Å². The van der Waals surface area contributed by atoms with Crippen LogP contribution in [-0.4, -0.2) is 70.1 Å². The van der Waals surface area contributed by atoms with Gasteiger partial charge < -0.3 is 10.2 Å². The van der Waals surface area contributed by atoms with Crippen molar-refractivity contribution in [3.05, 3.63) is 65.4 Å². The SMILES string of the molecule is Cc1ccc2[nH]nc(C(=O)NC[C@H]3CN(C(=O)c4ccccc4)[C@H]4CCN3C4)c2c1.